The molecule has 0 unspecified atom stereocenters. The Labute approximate surface area is 228 Å². The highest BCUT2D eigenvalue weighted by atomic mass is 16.5. The number of likely N-dealkylation sites (N-methyl/N-ethyl adjacent to an activating group) is 1. The van der Waals surface area contributed by atoms with Gasteiger partial charge in [0.25, 0.3) is 5.91 Å². The van der Waals surface area contributed by atoms with Gasteiger partial charge < -0.3 is 30.4 Å². The highest BCUT2D eigenvalue weighted by Crippen LogP contribution is 2.36. The standard InChI is InChI=1S/C30H34N6O3/c1-19-11-25(38-18-21-14-33-20(2)34-15-21)13-26(12-19)39-24-8-6-22(7-9-24)27-17-36(29(31)28(27)30(32)37)23-5-4-10-35(3)16-23/h6-9,11-15,17,23H,4-5,10,16,18,31H2,1-3H3,(H2,32,37)/t23-/m1/s1. The van der Waals surface area contributed by atoms with Gasteiger partial charge in [0.15, 0.2) is 0 Å². The normalized spacial score (nSPS) is 15.7. The third-order valence-corrected chi connectivity index (χ3v) is 6.98. The van der Waals surface area contributed by atoms with Gasteiger partial charge in [-0.3, -0.25) is 4.79 Å². The number of carbonyl (C=O) groups excluding carboxylic acids is 1. The average molecular weight is 527 g/mol. The van der Waals surface area contributed by atoms with Gasteiger partial charge in [-0.05, 0) is 75.7 Å². The summed E-state index contributed by atoms with van der Waals surface area (Å²) in [6, 6.07) is 13.5. The zero-order chi connectivity index (χ0) is 27.5. The second kappa shape index (κ2) is 11.2. The van der Waals surface area contributed by atoms with Gasteiger partial charge in [0.05, 0.1) is 5.56 Å². The maximum Gasteiger partial charge on any atom is 0.253 e. The number of nitrogens with zero attached hydrogens (tertiary/aromatic N) is 4. The molecule has 1 fully saturated rings. The van der Waals surface area contributed by atoms with Gasteiger partial charge in [-0.15, -0.1) is 0 Å². The van der Waals surface area contributed by atoms with Crippen LogP contribution in [0, 0.1) is 13.8 Å². The van der Waals surface area contributed by atoms with Gasteiger partial charge >= 0.3 is 0 Å². The SMILES string of the molecule is Cc1cc(OCc2cnc(C)nc2)cc(Oc2ccc(-c3cn([C@@H]4CCCN(C)C4)c(N)c3C(N)=O)cc2)c1. The molecule has 1 amide bonds. The van der Waals surface area contributed by atoms with E-state index in [0.717, 1.165) is 54.0 Å². The Morgan fingerprint density at radius 2 is 1.77 bits per heavy atom. The molecule has 2 aromatic heterocycles. The Kier molecular flexibility index (Phi) is 7.51. The zero-order valence-electron chi connectivity index (χ0n) is 22.6. The fourth-order valence-electron chi connectivity index (χ4n) is 5.04. The molecule has 9 heteroatoms. The van der Waals surface area contributed by atoms with E-state index in [1.165, 1.54) is 0 Å². The molecule has 0 radical (unpaired) electrons. The number of aryl methyl sites for hydroxylation is 2. The first kappa shape index (κ1) is 26.2. The summed E-state index contributed by atoms with van der Waals surface area (Å²) in [5.74, 6) is 2.62. The number of nitrogens with two attached hydrogens (primary N) is 2. The number of nitrogen functional groups attached to an aromatic ring is 1. The number of carbonyl (C=O) groups is 1. The van der Waals surface area contributed by atoms with E-state index < -0.39 is 5.91 Å². The number of benzene rings is 2. The second-order valence-electron chi connectivity index (χ2n) is 10.2. The Balaban J connectivity index is 1.33. The number of amides is 1. The lowest BCUT2D eigenvalue weighted by molar-refractivity contribution is 0.100. The van der Waals surface area contributed by atoms with Gasteiger partial charge in [-0.1, -0.05) is 12.1 Å². The monoisotopic (exact) mass is 526 g/mol. The van der Waals surface area contributed by atoms with Crippen molar-refractivity contribution < 1.29 is 14.3 Å². The summed E-state index contributed by atoms with van der Waals surface area (Å²) < 4.78 is 14.1. The average Bonchev–Trinajstić information content (AvgIpc) is 3.26. The summed E-state index contributed by atoms with van der Waals surface area (Å²) in [5, 5.41) is 0. The number of likely N-dealkylation sites (tertiary alicyclic amines) is 1. The first-order valence-corrected chi connectivity index (χ1v) is 13.1. The van der Waals surface area contributed by atoms with Gasteiger partial charge in [0.1, 0.15) is 35.5 Å². The maximum atomic E-state index is 12.4. The molecular formula is C30H34N6O3. The van der Waals surface area contributed by atoms with Crippen molar-refractivity contribution in [3.8, 4) is 28.4 Å². The number of primary amides is 1. The molecule has 4 aromatic rings. The van der Waals surface area contributed by atoms with E-state index in [9.17, 15) is 4.79 Å². The van der Waals surface area contributed by atoms with Crippen molar-refractivity contribution in [1.29, 1.82) is 0 Å². The van der Waals surface area contributed by atoms with Crippen LogP contribution in [0.4, 0.5) is 5.82 Å². The minimum atomic E-state index is -0.532. The maximum absolute atomic E-state index is 12.4. The lowest BCUT2D eigenvalue weighted by atomic mass is 10.0. The van der Waals surface area contributed by atoms with Crippen molar-refractivity contribution >= 4 is 11.7 Å². The molecule has 5 rings (SSSR count). The minimum Gasteiger partial charge on any atom is -0.489 e. The molecule has 1 atom stereocenters. The summed E-state index contributed by atoms with van der Waals surface area (Å²) in [6.07, 6.45) is 7.57. The lowest BCUT2D eigenvalue weighted by Gasteiger charge is -2.31. The van der Waals surface area contributed by atoms with Crippen molar-refractivity contribution in [2.24, 2.45) is 5.73 Å². The van der Waals surface area contributed by atoms with Gasteiger partial charge in [0, 0.05) is 48.4 Å². The molecule has 3 heterocycles. The van der Waals surface area contributed by atoms with Gasteiger partial charge in [-0.25, -0.2) is 9.97 Å². The Morgan fingerprint density at radius 3 is 2.46 bits per heavy atom. The van der Waals surface area contributed by atoms with Crippen LogP contribution in [0.3, 0.4) is 0 Å². The Hall–Kier alpha value is -4.37. The van der Waals surface area contributed by atoms with Crippen LogP contribution < -0.4 is 20.9 Å². The molecule has 1 aliphatic heterocycles. The molecule has 39 heavy (non-hydrogen) atoms. The number of hydrogen-bond donors (Lipinski definition) is 2. The molecule has 0 spiro atoms. The van der Waals surface area contributed by atoms with E-state index in [0.29, 0.717) is 35.2 Å². The summed E-state index contributed by atoms with van der Waals surface area (Å²) in [6.45, 7) is 6.14. The molecule has 1 aliphatic rings. The van der Waals surface area contributed by atoms with Crippen LogP contribution >= 0.6 is 0 Å². The number of rotatable bonds is 8. The molecule has 2 aromatic carbocycles. The van der Waals surface area contributed by atoms with E-state index in [4.69, 9.17) is 20.9 Å². The molecule has 0 saturated carbocycles. The smallest absolute Gasteiger partial charge is 0.253 e. The van der Waals surface area contributed by atoms with Gasteiger partial charge in [0.2, 0.25) is 0 Å². The third kappa shape index (κ3) is 6.04. The highest BCUT2D eigenvalue weighted by molar-refractivity contribution is 6.04. The summed E-state index contributed by atoms with van der Waals surface area (Å²) in [5.41, 5.74) is 16.0. The topological polar surface area (TPSA) is 122 Å². The summed E-state index contributed by atoms with van der Waals surface area (Å²) in [7, 11) is 2.10. The lowest BCUT2D eigenvalue weighted by Crippen LogP contribution is -2.33. The third-order valence-electron chi connectivity index (χ3n) is 6.98. The number of anilines is 1. The van der Waals surface area contributed by atoms with Crippen molar-refractivity contribution in [2.75, 3.05) is 25.9 Å². The van der Waals surface area contributed by atoms with Crippen LogP contribution in [0.5, 0.6) is 17.2 Å². The number of piperidine rings is 1. The van der Waals surface area contributed by atoms with Crippen LogP contribution in [-0.2, 0) is 6.61 Å². The Bertz CT molecular complexity index is 1460. The van der Waals surface area contributed by atoms with Crippen molar-refractivity contribution in [2.45, 2.75) is 39.3 Å². The first-order valence-electron chi connectivity index (χ1n) is 13.1. The molecule has 4 N–H and O–H groups in total. The van der Waals surface area contributed by atoms with E-state index in [1.54, 1.807) is 12.4 Å². The summed E-state index contributed by atoms with van der Waals surface area (Å²) in [4.78, 5) is 23.1. The number of ether oxygens (including phenoxy) is 2. The summed E-state index contributed by atoms with van der Waals surface area (Å²) >= 11 is 0. The van der Waals surface area contributed by atoms with E-state index in [2.05, 4.69) is 21.9 Å². The van der Waals surface area contributed by atoms with Crippen LogP contribution in [0.15, 0.2) is 61.1 Å². The number of aromatic nitrogens is 3. The fraction of sp³-hybridized carbons (Fsp3) is 0.300. The molecule has 1 saturated heterocycles. The van der Waals surface area contributed by atoms with Crippen molar-refractivity contribution in [3.63, 3.8) is 0 Å². The van der Waals surface area contributed by atoms with E-state index >= 15 is 0 Å². The Morgan fingerprint density at radius 1 is 1.05 bits per heavy atom. The van der Waals surface area contributed by atoms with Crippen LogP contribution in [0.1, 0.15) is 46.2 Å². The highest BCUT2D eigenvalue weighted by Gasteiger charge is 2.26. The molecule has 9 nitrogen and oxygen atoms in total. The van der Waals surface area contributed by atoms with E-state index in [1.807, 2.05) is 67.1 Å². The zero-order valence-corrected chi connectivity index (χ0v) is 22.6. The van der Waals surface area contributed by atoms with Crippen LogP contribution in [-0.4, -0.2) is 45.5 Å². The predicted molar refractivity (Wildman–Crippen MR) is 151 cm³/mol. The molecule has 0 bridgehead atoms. The second-order valence-corrected chi connectivity index (χ2v) is 10.2. The molecule has 202 valence electrons. The quantitative estimate of drug-likeness (QED) is 0.336. The largest absolute Gasteiger partial charge is 0.489 e. The van der Waals surface area contributed by atoms with Crippen LogP contribution in [0.2, 0.25) is 0 Å². The van der Waals surface area contributed by atoms with E-state index in [-0.39, 0.29) is 6.04 Å². The fourth-order valence-corrected chi connectivity index (χ4v) is 5.04. The molecule has 0 aliphatic carbocycles. The minimum absolute atomic E-state index is 0.203. The van der Waals surface area contributed by atoms with Gasteiger partial charge in [-0.2, -0.15) is 0 Å². The first-order chi connectivity index (χ1) is 18.8. The number of hydrogen-bond acceptors (Lipinski definition) is 7. The van der Waals surface area contributed by atoms with Crippen molar-refractivity contribution in [1.82, 2.24) is 19.4 Å². The predicted octanol–water partition coefficient (Wildman–Crippen LogP) is 4.88. The molecular weight excluding hydrogens is 492 g/mol. The van der Waals surface area contributed by atoms with Crippen molar-refractivity contribution in [3.05, 3.63) is 83.6 Å². The van der Waals surface area contributed by atoms with Crippen LogP contribution in [0.25, 0.3) is 11.1 Å².